The zero-order chi connectivity index (χ0) is 13.3. The summed E-state index contributed by atoms with van der Waals surface area (Å²) in [5.41, 5.74) is -5.59. The van der Waals surface area contributed by atoms with E-state index in [4.69, 9.17) is 15.4 Å². The number of aliphatic hydroxyl groups excluding tert-OH is 3. The van der Waals surface area contributed by atoms with Crippen LogP contribution in [0.15, 0.2) is 5.16 Å². The number of nitrogens with zero attached hydrogens (tertiary/aromatic N) is 1. The standard InChI is InChI=1S/C8H13NO8/c10-1-4(12)8(15)6(13)17-5(2-11)7(8,14)3-9-16/h3-5,10-12,14-16H,1-2H2/b9-3+/t4-,5-,7+,8+/m1/s1. The average molecular weight is 251 g/mol. The van der Waals surface area contributed by atoms with E-state index in [0.717, 1.165) is 0 Å². The lowest BCUT2D eigenvalue weighted by Crippen LogP contribution is -2.66. The maximum Gasteiger partial charge on any atom is 0.345 e. The second kappa shape index (κ2) is 4.55. The molecule has 9 heteroatoms. The van der Waals surface area contributed by atoms with Gasteiger partial charge >= 0.3 is 5.97 Å². The van der Waals surface area contributed by atoms with Gasteiger partial charge in [0.05, 0.1) is 19.4 Å². The molecular formula is C8H13NO8. The molecule has 0 saturated carbocycles. The van der Waals surface area contributed by atoms with E-state index < -0.39 is 42.6 Å². The van der Waals surface area contributed by atoms with Crippen molar-refractivity contribution in [3.8, 4) is 0 Å². The first-order valence-electron chi connectivity index (χ1n) is 4.62. The monoisotopic (exact) mass is 251 g/mol. The molecule has 0 bridgehead atoms. The van der Waals surface area contributed by atoms with Gasteiger partial charge in [0.2, 0.25) is 5.60 Å². The van der Waals surface area contributed by atoms with Crippen LogP contribution in [0.5, 0.6) is 0 Å². The molecule has 17 heavy (non-hydrogen) atoms. The molecular weight excluding hydrogens is 238 g/mol. The van der Waals surface area contributed by atoms with Crippen LogP contribution in [0.25, 0.3) is 0 Å². The van der Waals surface area contributed by atoms with Crippen LogP contribution < -0.4 is 0 Å². The fraction of sp³-hybridized carbons (Fsp3) is 0.750. The topological polar surface area (TPSA) is 160 Å². The van der Waals surface area contributed by atoms with Gasteiger partial charge in [0, 0.05) is 0 Å². The minimum Gasteiger partial charge on any atom is -0.454 e. The van der Waals surface area contributed by atoms with Gasteiger partial charge in [-0.05, 0) is 0 Å². The number of oxime groups is 1. The van der Waals surface area contributed by atoms with Crippen molar-refractivity contribution in [3.05, 3.63) is 0 Å². The molecule has 0 aromatic rings. The minimum absolute atomic E-state index is 0.345. The highest BCUT2D eigenvalue weighted by Crippen LogP contribution is 2.37. The lowest BCUT2D eigenvalue weighted by Gasteiger charge is -2.34. The Kier molecular flexibility index (Phi) is 3.69. The van der Waals surface area contributed by atoms with Gasteiger partial charge in [-0.1, -0.05) is 5.16 Å². The average Bonchev–Trinajstić information content (AvgIpc) is 2.50. The molecule has 4 atom stereocenters. The van der Waals surface area contributed by atoms with E-state index in [0.29, 0.717) is 6.21 Å². The smallest absolute Gasteiger partial charge is 0.345 e. The van der Waals surface area contributed by atoms with Crippen molar-refractivity contribution in [1.29, 1.82) is 0 Å². The number of ether oxygens (including phenoxy) is 1. The Bertz CT molecular complexity index is 333. The molecule has 1 aliphatic heterocycles. The highest BCUT2D eigenvalue weighted by Gasteiger charge is 2.70. The first kappa shape index (κ1) is 13.8. The molecule has 6 N–H and O–H groups in total. The summed E-state index contributed by atoms with van der Waals surface area (Å²) in [5.74, 6) is -1.44. The number of hydrogen-bond acceptors (Lipinski definition) is 9. The summed E-state index contributed by atoms with van der Waals surface area (Å²) in [7, 11) is 0. The minimum atomic E-state index is -2.93. The number of aliphatic hydroxyl groups is 5. The van der Waals surface area contributed by atoms with Gasteiger partial charge in [-0.15, -0.1) is 0 Å². The van der Waals surface area contributed by atoms with Gasteiger partial charge in [-0.2, -0.15) is 0 Å². The van der Waals surface area contributed by atoms with Gasteiger partial charge in [-0.3, -0.25) is 0 Å². The molecule has 98 valence electrons. The molecule has 1 saturated heterocycles. The Hall–Kier alpha value is -1.26. The first-order chi connectivity index (χ1) is 7.88. The van der Waals surface area contributed by atoms with Crippen molar-refractivity contribution in [2.45, 2.75) is 23.4 Å². The van der Waals surface area contributed by atoms with Crippen LogP contribution in [0.3, 0.4) is 0 Å². The second-order valence-corrected chi connectivity index (χ2v) is 3.61. The number of rotatable bonds is 4. The van der Waals surface area contributed by atoms with Gasteiger partial charge < -0.3 is 35.5 Å². The Balaban J connectivity index is 3.29. The number of carbonyl (C=O) groups excluding carboxylic acids is 1. The maximum atomic E-state index is 11.4. The predicted octanol–water partition coefficient (Wildman–Crippen LogP) is -3.82. The SMILES string of the molecule is O=C1O[C@H](CO)[C@@](O)(/C=N/O)[C@]1(O)[C@H](O)CO. The van der Waals surface area contributed by atoms with Crippen LogP contribution in [-0.4, -0.2) is 79.5 Å². The molecule has 9 nitrogen and oxygen atoms in total. The number of esters is 1. The van der Waals surface area contributed by atoms with Gasteiger partial charge in [0.15, 0.2) is 11.7 Å². The summed E-state index contributed by atoms with van der Waals surface area (Å²) in [6, 6.07) is 0. The van der Waals surface area contributed by atoms with E-state index in [9.17, 15) is 20.1 Å². The normalized spacial score (nSPS) is 39.6. The molecule has 0 unspecified atom stereocenters. The lowest BCUT2D eigenvalue weighted by molar-refractivity contribution is -0.181. The molecule has 1 heterocycles. The zero-order valence-corrected chi connectivity index (χ0v) is 8.59. The van der Waals surface area contributed by atoms with Crippen LogP contribution in [0.4, 0.5) is 0 Å². The predicted molar refractivity (Wildman–Crippen MR) is 50.2 cm³/mol. The molecule has 0 amide bonds. The summed E-state index contributed by atoms with van der Waals surface area (Å²) in [6.07, 6.45) is -3.36. The van der Waals surface area contributed by atoms with E-state index in [1.807, 2.05) is 0 Å². The van der Waals surface area contributed by atoms with Crippen LogP contribution in [0.2, 0.25) is 0 Å². The highest BCUT2D eigenvalue weighted by molar-refractivity contribution is 5.93. The third kappa shape index (κ3) is 1.68. The molecule has 1 rings (SSSR count). The number of hydrogen-bond donors (Lipinski definition) is 6. The van der Waals surface area contributed by atoms with Crippen molar-refractivity contribution in [1.82, 2.24) is 0 Å². The summed E-state index contributed by atoms with van der Waals surface area (Å²) < 4.78 is 4.45. The molecule has 0 aromatic carbocycles. The third-order valence-electron chi connectivity index (χ3n) is 2.74. The van der Waals surface area contributed by atoms with Crippen molar-refractivity contribution in [2.75, 3.05) is 13.2 Å². The Labute approximate surface area is 95.2 Å². The number of carbonyl (C=O) groups is 1. The summed E-state index contributed by atoms with van der Waals surface area (Å²) in [5, 5.41) is 57.8. The van der Waals surface area contributed by atoms with Crippen LogP contribution >= 0.6 is 0 Å². The molecule has 1 fully saturated rings. The number of cyclic esters (lactones) is 1. The zero-order valence-electron chi connectivity index (χ0n) is 8.59. The fourth-order valence-corrected chi connectivity index (χ4v) is 1.70. The maximum absolute atomic E-state index is 11.4. The van der Waals surface area contributed by atoms with Crippen molar-refractivity contribution in [3.63, 3.8) is 0 Å². The Morgan fingerprint density at radius 1 is 1.47 bits per heavy atom. The van der Waals surface area contributed by atoms with E-state index in [2.05, 4.69) is 9.89 Å². The largest absolute Gasteiger partial charge is 0.454 e. The molecule has 0 spiro atoms. The summed E-state index contributed by atoms with van der Waals surface area (Å²) in [6.45, 7) is -1.93. The first-order valence-corrected chi connectivity index (χ1v) is 4.62. The summed E-state index contributed by atoms with van der Waals surface area (Å²) >= 11 is 0. The molecule has 0 aliphatic carbocycles. The van der Waals surface area contributed by atoms with Gasteiger partial charge in [0.25, 0.3) is 0 Å². The van der Waals surface area contributed by atoms with Crippen molar-refractivity contribution in [2.24, 2.45) is 5.16 Å². The molecule has 0 aromatic heterocycles. The second-order valence-electron chi connectivity index (χ2n) is 3.61. The van der Waals surface area contributed by atoms with Crippen LogP contribution in [0.1, 0.15) is 0 Å². The van der Waals surface area contributed by atoms with E-state index >= 15 is 0 Å². The fourth-order valence-electron chi connectivity index (χ4n) is 1.70. The quantitative estimate of drug-likeness (QED) is 0.128. The summed E-state index contributed by atoms with van der Waals surface area (Å²) in [4.78, 5) is 11.4. The van der Waals surface area contributed by atoms with E-state index in [-0.39, 0.29) is 0 Å². The van der Waals surface area contributed by atoms with Crippen molar-refractivity contribution >= 4 is 12.2 Å². The van der Waals surface area contributed by atoms with Crippen LogP contribution in [-0.2, 0) is 9.53 Å². The Morgan fingerprint density at radius 2 is 2.06 bits per heavy atom. The molecule has 0 radical (unpaired) electrons. The third-order valence-corrected chi connectivity index (χ3v) is 2.74. The Morgan fingerprint density at radius 3 is 2.47 bits per heavy atom. The van der Waals surface area contributed by atoms with Crippen LogP contribution in [0, 0.1) is 0 Å². The highest BCUT2D eigenvalue weighted by atomic mass is 16.6. The lowest BCUT2D eigenvalue weighted by atomic mass is 9.78. The van der Waals surface area contributed by atoms with E-state index in [1.165, 1.54) is 0 Å². The van der Waals surface area contributed by atoms with Gasteiger partial charge in [-0.25, -0.2) is 4.79 Å². The molecule has 1 aliphatic rings. The van der Waals surface area contributed by atoms with Crippen molar-refractivity contribution < 1.29 is 40.3 Å². The van der Waals surface area contributed by atoms with Gasteiger partial charge in [0.1, 0.15) is 6.10 Å². The van der Waals surface area contributed by atoms with E-state index in [1.54, 1.807) is 0 Å².